The summed E-state index contributed by atoms with van der Waals surface area (Å²) in [6.45, 7) is 2.43. The van der Waals surface area contributed by atoms with Gasteiger partial charge in [-0.25, -0.2) is 4.98 Å². The average Bonchev–Trinajstić information content (AvgIpc) is 2.98. The number of fused-ring (bicyclic) bond motifs is 3. The van der Waals surface area contributed by atoms with Gasteiger partial charge in [0.1, 0.15) is 12.4 Å². The molecule has 0 aliphatic carbocycles. The van der Waals surface area contributed by atoms with E-state index in [1.165, 1.54) is 0 Å². The molecule has 1 N–H and O–H groups in total. The molecule has 0 saturated carbocycles. The van der Waals surface area contributed by atoms with E-state index in [0.717, 1.165) is 29.1 Å². The number of pyridine rings is 1. The lowest BCUT2D eigenvalue weighted by molar-refractivity contribution is 0.0830. The van der Waals surface area contributed by atoms with E-state index in [2.05, 4.69) is 19.9 Å². The maximum absolute atomic E-state index is 12.3. The van der Waals surface area contributed by atoms with Crippen molar-refractivity contribution < 1.29 is 9.53 Å². The molecule has 0 bridgehead atoms. The van der Waals surface area contributed by atoms with E-state index in [0.29, 0.717) is 25.3 Å². The zero-order valence-electron chi connectivity index (χ0n) is 12.5. The minimum Gasteiger partial charge on any atom is -0.372 e. The summed E-state index contributed by atoms with van der Waals surface area (Å²) >= 11 is 0. The first-order valence-corrected chi connectivity index (χ1v) is 7.56. The van der Waals surface area contributed by atoms with Crippen molar-refractivity contribution in [2.45, 2.75) is 19.7 Å². The summed E-state index contributed by atoms with van der Waals surface area (Å²) in [5, 5.41) is 2.88. The summed E-state index contributed by atoms with van der Waals surface area (Å²) in [5.74, 6) is 0.789. The van der Waals surface area contributed by atoms with Gasteiger partial charge in [0.05, 0.1) is 29.9 Å². The van der Waals surface area contributed by atoms with Crippen LogP contribution in [0.4, 0.5) is 0 Å². The number of carbonyl (C=O) groups is 1. The Morgan fingerprint density at radius 2 is 2.26 bits per heavy atom. The molecule has 6 nitrogen and oxygen atoms in total. The number of amides is 1. The Hall–Kier alpha value is -2.73. The number of carbonyl (C=O) groups excluding carboxylic acids is 1. The topological polar surface area (TPSA) is 69.0 Å². The van der Waals surface area contributed by atoms with E-state index < -0.39 is 0 Å². The van der Waals surface area contributed by atoms with E-state index >= 15 is 0 Å². The van der Waals surface area contributed by atoms with Crippen molar-refractivity contribution in [2.75, 3.05) is 6.61 Å². The molecule has 6 heteroatoms. The monoisotopic (exact) mass is 308 g/mol. The van der Waals surface area contributed by atoms with Gasteiger partial charge in [-0.15, -0.1) is 0 Å². The third kappa shape index (κ3) is 2.68. The maximum Gasteiger partial charge on any atom is 0.251 e. The van der Waals surface area contributed by atoms with E-state index in [1.54, 1.807) is 6.20 Å². The van der Waals surface area contributed by atoms with E-state index in [9.17, 15) is 4.79 Å². The number of ether oxygens (including phenoxy) is 1. The highest BCUT2D eigenvalue weighted by molar-refractivity contribution is 5.97. The number of nitrogens with zero attached hydrogens (tertiary/aromatic N) is 3. The molecule has 116 valence electrons. The van der Waals surface area contributed by atoms with Crippen LogP contribution in [0.5, 0.6) is 0 Å². The number of hydrogen-bond acceptors (Lipinski definition) is 4. The van der Waals surface area contributed by atoms with E-state index in [4.69, 9.17) is 4.74 Å². The molecular weight excluding hydrogens is 292 g/mol. The van der Waals surface area contributed by atoms with Crippen molar-refractivity contribution in [1.29, 1.82) is 0 Å². The van der Waals surface area contributed by atoms with Crippen LogP contribution in [0.1, 0.15) is 21.9 Å². The number of aromatic nitrogens is 3. The number of benzene rings is 1. The smallest absolute Gasteiger partial charge is 0.251 e. The van der Waals surface area contributed by atoms with Crippen LogP contribution in [0.2, 0.25) is 0 Å². The Kier molecular flexibility index (Phi) is 3.51. The lowest BCUT2D eigenvalue weighted by Crippen LogP contribution is -2.23. The first-order valence-electron chi connectivity index (χ1n) is 7.56. The van der Waals surface area contributed by atoms with Crippen LogP contribution in [0.15, 0.2) is 42.6 Å². The predicted octanol–water partition coefficient (Wildman–Crippen LogP) is 1.89. The normalized spacial score (nSPS) is 13.7. The predicted molar refractivity (Wildman–Crippen MR) is 84.8 cm³/mol. The van der Waals surface area contributed by atoms with Gasteiger partial charge in [0.15, 0.2) is 0 Å². The molecule has 3 heterocycles. The van der Waals surface area contributed by atoms with Gasteiger partial charge in [0, 0.05) is 18.3 Å². The number of rotatable bonds is 3. The van der Waals surface area contributed by atoms with Crippen molar-refractivity contribution in [2.24, 2.45) is 0 Å². The second kappa shape index (κ2) is 5.81. The van der Waals surface area contributed by atoms with Crippen molar-refractivity contribution in [1.82, 2.24) is 19.9 Å². The molecule has 1 amide bonds. The molecule has 0 spiro atoms. The third-order valence-electron chi connectivity index (χ3n) is 3.94. The van der Waals surface area contributed by atoms with Gasteiger partial charge in [-0.1, -0.05) is 6.07 Å². The van der Waals surface area contributed by atoms with Gasteiger partial charge in [-0.05, 0) is 30.3 Å². The van der Waals surface area contributed by atoms with Crippen LogP contribution in [0, 0.1) is 0 Å². The van der Waals surface area contributed by atoms with Gasteiger partial charge in [-0.3, -0.25) is 9.78 Å². The second-order valence-electron chi connectivity index (χ2n) is 5.44. The van der Waals surface area contributed by atoms with Gasteiger partial charge >= 0.3 is 0 Å². The minimum absolute atomic E-state index is 0.125. The van der Waals surface area contributed by atoms with Gasteiger partial charge < -0.3 is 14.6 Å². The van der Waals surface area contributed by atoms with Gasteiger partial charge in [0.25, 0.3) is 5.91 Å². The summed E-state index contributed by atoms with van der Waals surface area (Å²) in [5.41, 5.74) is 3.31. The molecule has 3 aromatic rings. The first-order chi connectivity index (χ1) is 11.3. The summed E-state index contributed by atoms with van der Waals surface area (Å²) in [4.78, 5) is 21.1. The lowest BCUT2D eigenvalue weighted by atomic mass is 10.2. The first kappa shape index (κ1) is 13.9. The molecule has 0 atom stereocenters. The number of nitrogens with one attached hydrogen (secondary N) is 1. The summed E-state index contributed by atoms with van der Waals surface area (Å²) in [7, 11) is 0. The molecule has 1 aliphatic rings. The Balaban J connectivity index is 1.55. The van der Waals surface area contributed by atoms with Crippen molar-refractivity contribution >= 4 is 16.9 Å². The molecule has 0 saturated heterocycles. The minimum atomic E-state index is -0.125. The Morgan fingerprint density at radius 1 is 1.30 bits per heavy atom. The molecule has 23 heavy (non-hydrogen) atoms. The molecule has 0 fully saturated rings. The van der Waals surface area contributed by atoms with Crippen LogP contribution in [0.25, 0.3) is 11.0 Å². The molecule has 2 aromatic heterocycles. The number of imidazole rings is 1. The molecule has 0 radical (unpaired) electrons. The van der Waals surface area contributed by atoms with Crippen LogP contribution >= 0.6 is 0 Å². The Morgan fingerprint density at radius 3 is 3.13 bits per heavy atom. The average molecular weight is 308 g/mol. The fourth-order valence-electron chi connectivity index (χ4n) is 2.78. The van der Waals surface area contributed by atoms with Crippen LogP contribution in [-0.4, -0.2) is 27.0 Å². The van der Waals surface area contributed by atoms with Crippen LogP contribution in [-0.2, 0) is 24.4 Å². The molecule has 0 unspecified atom stereocenters. The Labute approximate surface area is 133 Å². The van der Waals surface area contributed by atoms with Crippen LogP contribution < -0.4 is 5.32 Å². The van der Waals surface area contributed by atoms with Crippen LogP contribution in [0.3, 0.4) is 0 Å². The largest absolute Gasteiger partial charge is 0.372 e. The van der Waals surface area contributed by atoms with Gasteiger partial charge in [-0.2, -0.15) is 0 Å². The summed E-state index contributed by atoms with van der Waals surface area (Å²) in [6, 6.07) is 11.2. The van der Waals surface area contributed by atoms with E-state index in [-0.39, 0.29) is 5.91 Å². The molecular formula is C17H16N4O2. The molecule has 4 rings (SSSR count). The third-order valence-corrected chi connectivity index (χ3v) is 3.94. The zero-order valence-corrected chi connectivity index (χ0v) is 12.5. The quantitative estimate of drug-likeness (QED) is 0.802. The number of hydrogen-bond donors (Lipinski definition) is 1. The van der Waals surface area contributed by atoms with Crippen molar-refractivity contribution in [3.8, 4) is 0 Å². The van der Waals surface area contributed by atoms with E-state index in [1.807, 2.05) is 36.4 Å². The highest BCUT2D eigenvalue weighted by Crippen LogP contribution is 2.20. The Bertz CT molecular complexity index is 858. The highest BCUT2D eigenvalue weighted by Gasteiger charge is 2.16. The fraction of sp³-hybridized carbons (Fsp3) is 0.235. The lowest BCUT2D eigenvalue weighted by Gasteiger charge is -2.14. The van der Waals surface area contributed by atoms with Crippen molar-refractivity contribution in [3.05, 3.63) is 59.7 Å². The zero-order chi connectivity index (χ0) is 15.6. The van der Waals surface area contributed by atoms with Gasteiger partial charge in [0.2, 0.25) is 0 Å². The molecule has 1 aromatic carbocycles. The molecule has 1 aliphatic heterocycles. The summed E-state index contributed by atoms with van der Waals surface area (Å²) < 4.78 is 7.57. The maximum atomic E-state index is 12.3. The van der Waals surface area contributed by atoms with Crippen molar-refractivity contribution in [3.63, 3.8) is 0 Å². The summed E-state index contributed by atoms with van der Waals surface area (Å²) in [6.07, 6.45) is 1.71. The standard InChI is InChI=1S/C17H16N4O2/c22-17(19-10-13-3-1-2-6-18-13)12-4-5-15-14(9-12)20-16-11-23-8-7-21(15)16/h1-6,9H,7-8,10-11H2,(H,19,22). The highest BCUT2D eigenvalue weighted by atomic mass is 16.5. The second-order valence-corrected chi connectivity index (χ2v) is 5.44. The fourth-order valence-corrected chi connectivity index (χ4v) is 2.78. The SMILES string of the molecule is O=C(NCc1ccccn1)c1ccc2c(c1)nc1n2CCOC1.